The Bertz CT molecular complexity index is 2350. The molecule has 3 heterocycles. The van der Waals surface area contributed by atoms with Crippen LogP contribution in [0.3, 0.4) is 0 Å². The van der Waals surface area contributed by atoms with Gasteiger partial charge in [-0.25, -0.2) is 4.79 Å². The third-order valence-corrected chi connectivity index (χ3v) is 10.3. The van der Waals surface area contributed by atoms with E-state index in [0.29, 0.717) is 24.2 Å². The van der Waals surface area contributed by atoms with E-state index in [1.165, 1.54) is 11.1 Å². The summed E-state index contributed by atoms with van der Waals surface area (Å²) in [5.74, 6) is 0. The number of fused-ring (bicyclic) bond motifs is 3. The summed E-state index contributed by atoms with van der Waals surface area (Å²) in [6.45, 7) is 3.57. The zero-order chi connectivity index (χ0) is 32.1. The molecular formula is C41H30Br2N2O2. The smallest absolute Gasteiger partial charge is 0.340 e. The number of benzene rings is 5. The van der Waals surface area contributed by atoms with Gasteiger partial charge in [-0.2, -0.15) is 0 Å². The molecule has 8 rings (SSSR count). The van der Waals surface area contributed by atoms with E-state index in [-0.39, 0.29) is 5.63 Å². The van der Waals surface area contributed by atoms with Gasteiger partial charge < -0.3 is 13.6 Å². The number of hydrogen-bond acceptors (Lipinski definition) is 2. The highest BCUT2D eigenvalue weighted by Crippen LogP contribution is 2.46. The predicted octanol–water partition coefficient (Wildman–Crippen LogP) is 10.7. The van der Waals surface area contributed by atoms with E-state index in [0.717, 1.165) is 47.3 Å². The summed E-state index contributed by atoms with van der Waals surface area (Å²) in [6, 6.07) is 43.5. The number of nitrogens with zero attached hydrogens (tertiary/aromatic N) is 2. The van der Waals surface area contributed by atoms with Crippen LogP contribution >= 0.6 is 31.9 Å². The predicted molar refractivity (Wildman–Crippen MR) is 198 cm³/mol. The molecule has 0 atom stereocenters. The molecule has 0 aliphatic carbocycles. The zero-order valence-electron chi connectivity index (χ0n) is 25.7. The third kappa shape index (κ3) is 5.26. The first-order valence-electron chi connectivity index (χ1n) is 15.6. The Hall–Kier alpha value is -4.65. The average molecular weight is 743 g/mol. The number of halogens is 2. The first-order chi connectivity index (χ1) is 22.9. The molecule has 8 aromatic rings. The second kappa shape index (κ2) is 11.9. The van der Waals surface area contributed by atoms with Gasteiger partial charge in [0, 0.05) is 61.6 Å². The largest absolute Gasteiger partial charge is 0.422 e. The summed E-state index contributed by atoms with van der Waals surface area (Å²) in [7, 11) is 0. The van der Waals surface area contributed by atoms with Crippen LogP contribution in [-0.4, -0.2) is 9.13 Å². The van der Waals surface area contributed by atoms with Crippen molar-refractivity contribution in [3.63, 3.8) is 0 Å². The zero-order valence-corrected chi connectivity index (χ0v) is 28.8. The molecule has 3 aromatic heterocycles. The van der Waals surface area contributed by atoms with Crippen molar-refractivity contribution >= 4 is 64.6 Å². The maximum absolute atomic E-state index is 14.2. The normalized spacial score (nSPS) is 12.0. The molecule has 0 saturated carbocycles. The molecule has 0 aliphatic heterocycles. The monoisotopic (exact) mass is 740 g/mol. The third-order valence-electron chi connectivity index (χ3n) is 9.34. The van der Waals surface area contributed by atoms with Crippen LogP contribution in [0.2, 0.25) is 0 Å². The van der Waals surface area contributed by atoms with Crippen molar-refractivity contribution in [1.82, 2.24) is 9.13 Å². The fourth-order valence-electron chi connectivity index (χ4n) is 7.00. The van der Waals surface area contributed by atoms with Crippen molar-refractivity contribution in [1.29, 1.82) is 0 Å². The molecule has 0 saturated heterocycles. The highest BCUT2D eigenvalue weighted by molar-refractivity contribution is 9.10. The lowest BCUT2D eigenvalue weighted by Crippen LogP contribution is -2.31. The van der Waals surface area contributed by atoms with Gasteiger partial charge in [-0.15, -0.1) is 0 Å². The first kappa shape index (κ1) is 29.7. The first-order valence-corrected chi connectivity index (χ1v) is 17.2. The number of para-hydroxylation sites is 1. The number of hydrogen-bond donors (Lipinski definition) is 0. The molecule has 0 N–H and O–H groups in total. The van der Waals surface area contributed by atoms with E-state index in [4.69, 9.17) is 4.42 Å². The van der Waals surface area contributed by atoms with Gasteiger partial charge in [-0.1, -0.05) is 111 Å². The standard InChI is InChI=1S/C41H30Br2N2O2/c1-41(34-20-29-14-8-9-15-39(29)47-40(34)46,35-25-44(23-27-10-4-2-5-11-27)37-18-16-30(42)21-32(35)37)36-26-45(24-28-12-6-3-7-13-28)38-19-17-31(43)22-33(36)38/h2-22,25-26H,23-24H2,1H3. The Morgan fingerprint density at radius 2 is 1.09 bits per heavy atom. The van der Waals surface area contributed by atoms with Gasteiger partial charge in [0.1, 0.15) is 5.58 Å². The maximum atomic E-state index is 14.2. The fourth-order valence-corrected chi connectivity index (χ4v) is 7.73. The van der Waals surface area contributed by atoms with E-state index < -0.39 is 5.41 Å². The molecule has 6 heteroatoms. The van der Waals surface area contributed by atoms with Crippen molar-refractivity contribution in [3.8, 4) is 0 Å². The van der Waals surface area contributed by atoms with Crippen LogP contribution in [0.1, 0.15) is 34.7 Å². The molecule has 0 radical (unpaired) electrons. The van der Waals surface area contributed by atoms with Crippen molar-refractivity contribution < 1.29 is 4.42 Å². The van der Waals surface area contributed by atoms with Crippen LogP contribution in [0.4, 0.5) is 0 Å². The van der Waals surface area contributed by atoms with E-state index in [2.05, 4.69) is 145 Å². The maximum Gasteiger partial charge on any atom is 0.340 e. The molecule has 230 valence electrons. The van der Waals surface area contributed by atoms with Gasteiger partial charge in [0.15, 0.2) is 0 Å². The molecule has 47 heavy (non-hydrogen) atoms. The van der Waals surface area contributed by atoms with Gasteiger partial charge in [-0.3, -0.25) is 0 Å². The molecule has 0 fully saturated rings. The highest BCUT2D eigenvalue weighted by Gasteiger charge is 2.40. The van der Waals surface area contributed by atoms with Crippen LogP contribution < -0.4 is 5.63 Å². The highest BCUT2D eigenvalue weighted by atomic mass is 79.9. The van der Waals surface area contributed by atoms with Crippen molar-refractivity contribution in [2.75, 3.05) is 0 Å². The minimum absolute atomic E-state index is 0.343. The van der Waals surface area contributed by atoms with E-state index in [1.54, 1.807) is 0 Å². The molecule has 0 amide bonds. The van der Waals surface area contributed by atoms with Crippen molar-refractivity contribution in [3.05, 3.63) is 187 Å². The van der Waals surface area contributed by atoms with Crippen LogP contribution in [0.15, 0.2) is 158 Å². The van der Waals surface area contributed by atoms with Crippen LogP contribution in [0.25, 0.3) is 32.8 Å². The van der Waals surface area contributed by atoms with E-state index >= 15 is 0 Å². The summed E-state index contributed by atoms with van der Waals surface area (Å²) in [5.41, 5.74) is 6.59. The van der Waals surface area contributed by atoms with Gasteiger partial charge in [-0.05, 0) is 77.7 Å². The van der Waals surface area contributed by atoms with Gasteiger partial charge in [0.05, 0.1) is 11.0 Å². The summed E-state index contributed by atoms with van der Waals surface area (Å²) >= 11 is 7.52. The Labute approximate surface area is 289 Å². The van der Waals surface area contributed by atoms with Crippen LogP contribution in [-0.2, 0) is 18.5 Å². The quantitative estimate of drug-likeness (QED) is 0.153. The SMILES string of the molecule is CC(c1cc2ccccc2oc1=O)(c1cn(Cc2ccccc2)c2ccc(Br)cc12)c1cn(Cc2ccccc2)c2ccc(Br)cc12. The minimum atomic E-state index is -0.896. The summed E-state index contributed by atoms with van der Waals surface area (Å²) in [5, 5.41) is 3.03. The molecule has 0 unspecified atom stereocenters. The minimum Gasteiger partial charge on any atom is -0.422 e. The molecule has 0 spiro atoms. The van der Waals surface area contributed by atoms with Gasteiger partial charge in [0.25, 0.3) is 0 Å². The molecule has 0 aliphatic rings. The Morgan fingerprint density at radius 3 is 1.62 bits per heavy atom. The Kier molecular flexibility index (Phi) is 7.50. The van der Waals surface area contributed by atoms with Crippen LogP contribution in [0, 0.1) is 0 Å². The second-order valence-electron chi connectivity index (χ2n) is 12.2. The fraction of sp³-hybridized carbons (Fsp3) is 0.0976. The Balaban J connectivity index is 1.46. The average Bonchev–Trinajstić information content (AvgIpc) is 3.62. The molecule has 5 aromatic carbocycles. The lowest BCUT2D eigenvalue weighted by molar-refractivity contribution is 0.529. The van der Waals surface area contributed by atoms with Crippen molar-refractivity contribution in [2.45, 2.75) is 25.4 Å². The summed E-state index contributed by atoms with van der Waals surface area (Å²) in [4.78, 5) is 14.2. The van der Waals surface area contributed by atoms with Gasteiger partial charge in [0.2, 0.25) is 0 Å². The van der Waals surface area contributed by atoms with E-state index in [1.807, 2.05) is 42.5 Å². The summed E-state index contributed by atoms with van der Waals surface area (Å²) in [6.07, 6.45) is 4.47. The molecule has 4 nitrogen and oxygen atoms in total. The topological polar surface area (TPSA) is 40.1 Å². The molecular weight excluding hydrogens is 712 g/mol. The lowest BCUT2D eigenvalue weighted by atomic mass is 9.71. The number of aromatic nitrogens is 2. The van der Waals surface area contributed by atoms with Gasteiger partial charge >= 0.3 is 5.63 Å². The second-order valence-corrected chi connectivity index (χ2v) is 14.1. The van der Waals surface area contributed by atoms with Crippen molar-refractivity contribution in [2.24, 2.45) is 0 Å². The molecule has 0 bridgehead atoms. The summed E-state index contributed by atoms with van der Waals surface area (Å²) < 4.78 is 12.6. The van der Waals surface area contributed by atoms with Crippen LogP contribution in [0.5, 0.6) is 0 Å². The lowest BCUT2D eigenvalue weighted by Gasteiger charge is -2.29. The van der Waals surface area contributed by atoms with E-state index in [9.17, 15) is 4.79 Å². The number of rotatable bonds is 7. The Morgan fingerprint density at radius 1 is 0.596 bits per heavy atom.